The van der Waals surface area contributed by atoms with Gasteiger partial charge in [0.25, 0.3) is 5.91 Å². The van der Waals surface area contributed by atoms with Crippen molar-refractivity contribution in [3.63, 3.8) is 0 Å². The zero-order valence-corrected chi connectivity index (χ0v) is 23.5. The van der Waals surface area contributed by atoms with E-state index in [0.717, 1.165) is 54.9 Å². The number of nitrogens with zero attached hydrogens (tertiary/aromatic N) is 3. The van der Waals surface area contributed by atoms with Gasteiger partial charge < -0.3 is 9.47 Å². The Balaban J connectivity index is 1.34. The molecule has 6 heteroatoms. The predicted octanol–water partition coefficient (Wildman–Crippen LogP) is 5.95. The van der Waals surface area contributed by atoms with Crippen LogP contribution in [0.1, 0.15) is 53.1 Å². The second-order valence-electron chi connectivity index (χ2n) is 10.8. The van der Waals surface area contributed by atoms with E-state index in [4.69, 9.17) is 14.6 Å². The number of hydrazone groups is 1. The first-order valence-electron chi connectivity index (χ1n) is 13.9. The molecule has 3 aromatic rings. The third-order valence-electron chi connectivity index (χ3n) is 8.09. The largest absolute Gasteiger partial charge is 0.497 e. The average Bonchev–Trinajstić information content (AvgIpc) is 3.39. The van der Waals surface area contributed by atoms with Crippen LogP contribution in [0.15, 0.2) is 71.8 Å². The van der Waals surface area contributed by atoms with E-state index in [0.29, 0.717) is 24.6 Å². The minimum Gasteiger partial charge on any atom is -0.497 e. The van der Waals surface area contributed by atoms with Crippen LogP contribution in [0.5, 0.6) is 11.5 Å². The fourth-order valence-electron chi connectivity index (χ4n) is 5.94. The van der Waals surface area contributed by atoms with Gasteiger partial charge in [0.05, 0.1) is 32.5 Å². The molecule has 204 valence electrons. The first-order valence-corrected chi connectivity index (χ1v) is 13.9. The number of rotatable bonds is 8. The standard InChI is InChI=1S/C33H39N3O3/c1-23-10-12-28(24(2)18-23)30-21-31(29-13-11-27(38-3)20-32(29)39-4)36(34-30)33(37)22-35-16-14-26(15-17-35)19-25-8-6-5-7-9-25/h5-13,18,20,26,31H,14-17,19,21-22H2,1-4H3/t31-/m1/s1. The lowest BCUT2D eigenvalue weighted by Crippen LogP contribution is -2.42. The van der Waals surface area contributed by atoms with Crippen molar-refractivity contribution < 1.29 is 14.3 Å². The summed E-state index contributed by atoms with van der Waals surface area (Å²) < 4.78 is 11.2. The smallest absolute Gasteiger partial charge is 0.257 e. The van der Waals surface area contributed by atoms with E-state index in [-0.39, 0.29) is 11.9 Å². The van der Waals surface area contributed by atoms with E-state index >= 15 is 0 Å². The number of hydrogen-bond acceptors (Lipinski definition) is 5. The molecule has 0 aromatic heterocycles. The Kier molecular flexibility index (Phi) is 8.32. The third-order valence-corrected chi connectivity index (χ3v) is 8.09. The summed E-state index contributed by atoms with van der Waals surface area (Å²) in [6.07, 6.45) is 3.96. The molecule has 39 heavy (non-hydrogen) atoms. The Hall–Kier alpha value is -3.64. The summed E-state index contributed by atoms with van der Waals surface area (Å²) in [6, 6.07) is 22.7. The maximum atomic E-state index is 13.8. The fourth-order valence-corrected chi connectivity index (χ4v) is 5.94. The molecule has 1 amide bonds. The Morgan fingerprint density at radius 3 is 2.41 bits per heavy atom. The molecule has 1 fully saturated rings. The van der Waals surface area contributed by atoms with Crippen molar-refractivity contribution >= 4 is 11.6 Å². The normalized spacial score (nSPS) is 18.2. The topological polar surface area (TPSA) is 54.4 Å². The molecule has 1 saturated heterocycles. The number of carbonyl (C=O) groups excluding carboxylic acids is 1. The SMILES string of the molecule is COc1ccc([C@H]2CC(c3ccc(C)cc3C)=NN2C(=O)CN2CCC(Cc3ccccc3)CC2)c(OC)c1. The monoisotopic (exact) mass is 525 g/mol. The molecule has 0 saturated carbocycles. The summed E-state index contributed by atoms with van der Waals surface area (Å²) in [5, 5.41) is 6.65. The molecule has 2 aliphatic rings. The molecule has 0 unspecified atom stereocenters. The Morgan fingerprint density at radius 2 is 1.72 bits per heavy atom. The van der Waals surface area contributed by atoms with Crippen molar-refractivity contribution in [2.75, 3.05) is 33.9 Å². The van der Waals surface area contributed by atoms with Crippen LogP contribution in [0.25, 0.3) is 0 Å². The van der Waals surface area contributed by atoms with Crippen LogP contribution in [0.3, 0.4) is 0 Å². The third kappa shape index (κ3) is 6.17. The minimum absolute atomic E-state index is 0.0270. The summed E-state index contributed by atoms with van der Waals surface area (Å²) in [5.74, 6) is 2.12. The molecule has 2 heterocycles. The van der Waals surface area contributed by atoms with Gasteiger partial charge in [-0.3, -0.25) is 9.69 Å². The average molecular weight is 526 g/mol. The van der Waals surface area contributed by atoms with Gasteiger partial charge in [-0.1, -0.05) is 54.1 Å². The molecule has 3 aromatic carbocycles. The lowest BCUT2D eigenvalue weighted by atomic mass is 9.90. The van der Waals surface area contributed by atoms with Gasteiger partial charge in [-0.2, -0.15) is 5.10 Å². The number of ether oxygens (including phenoxy) is 2. The van der Waals surface area contributed by atoms with Crippen LogP contribution in [0.4, 0.5) is 0 Å². The summed E-state index contributed by atoms with van der Waals surface area (Å²) in [5.41, 5.74) is 6.75. The number of hydrogen-bond donors (Lipinski definition) is 0. The predicted molar refractivity (Wildman–Crippen MR) is 156 cm³/mol. The van der Waals surface area contributed by atoms with Gasteiger partial charge in [0, 0.05) is 23.6 Å². The number of carbonyl (C=O) groups is 1. The summed E-state index contributed by atoms with van der Waals surface area (Å²) in [4.78, 5) is 16.1. The van der Waals surface area contributed by atoms with Crippen molar-refractivity contribution in [3.8, 4) is 11.5 Å². The van der Waals surface area contributed by atoms with Crippen molar-refractivity contribution in [2.24, 2.45) is 11.0 Å². The number of piperidine rings is 1. The first-order chi connectivity index (χ1) is 18.9. The molecule has 0 bridgehead atoms. The van der Waals surface area contributed by atoms with Gasteiger partial charge in [0.15, 0.2) is 0 Å². The number of methoxy groups -OCH3 is 2. The highest BCUT2D eigenvalue weighted by atomic mass is 16.5. The number of amides is 1. The van der Waals surface area contributed by atoms with Gasteiger partial charge in [0.1, 0.15) is 11.5 Å². The summed E-state index contributed by atoms with van der Waals surface area (Å²) in [7, 11) is 3.30. The van der Waals surface area contributed by atoms with Crippen molar-refractivity contribution in [1.29, 1.82) is 0 Å². The molecule has 0 spiro atoms. The highest BCUT2D eigenvalue weighted by molar-refractivity contribution is 6.04. The van der Waals surface area contributed by atoms with Gasteiger partial charge in [-0.15, -0.1) is 0 Å². The van der Waals surface area contributed by atoms with Crippen molar-refractivity contribution in [1.82, 2.24) is 9.91 Å². The number of benzene rings is 3. The molecular weight excluding hydrogens is 486 g/mol. The summed E-state index contributed by atoms with van der Waals surface area (Å²) in [6.45, 7) is 6.44. The lowest BCUT2D eigenvalue weighted by molar-refractivity contribution is -0.134. The molecule has 6 nitrogen and oxygen atoms in total. The Morgan fingerprint density at radius 1 is 0.949 bits per heavy atom. The van der Waals surface area contributed by atoms with Crippen LogP contribution in [0.2, 0.25) is 0 Å². The minimum atomic E-state index is -0.232. The van der Waals surface area contributed by atoms with E-state index < -0.39 is 0 Å². The van der Waals surface area contributed by atoms with Crippen LogP contribution in [0, 0.1) is 19.8 Å². The zero-order chi connectivity index (χ0) is 27.4. The fraction of sp³-hybridized carbons (Fsp3) is 0.394. The summed E-state index contributed by atoms with van der Waals surface area (Å²) >= 11 is 0. The van der Waals surface area contributed by atoms with E-state index in [9.17, 15) is 4.79 Å². The molecular formula is C33H39N3O3. The highest BCUT2D eigenvalue weighted by Gasteiger charge is 2.36. The molecule has 2 aliphatic heterocycles. The van der Waals surface area contributed by atoms with Crippen molar-refractivity contribution in [3.05, 3.63) is 94.5 Å². The van der Waals surface area contributed by atoms with E-state index in [1.807, 2.05) is 18.2 Å². The first kappa shape index (κ1) is 26.9. The van der Waals surface area contributed by atoms with Crippen LogP contribution in [-0.2, 0) is 11.2 Å². The highest BCUT2D eigenvalue weighted by Crippen LogP contribution is 2.39. The maximum Gasteiger partial charge on any atom is 0.257 e. The van der Waals surface area contributed by atoms with E-state index in [1.54, 1.807) is 19.2 Å². The van der Waals surface area contributed by atoms with E-state index in [2.05, 4.69) is 67.3 Å². The van der Waals surface area contributed by atoms with Crippen molar-refractivity contribution in [2.45, 2.75) is 45.6 Å². The Labute approximate surface area is 232 Å². The van der Waals surface area contributed by atoms with Crippen LogP contribution >= 0.6 is 0 Å². The maximum absolute atomic E-state index is 13.8. The van der Waals surface area contributed by atoms with Gasteiger partial charge >= 0.3 is 0 Å². The number of aryl methyl sites for hydroxylation is 2. The van der Waals surface area contributed by atoms with Gasteiger partial charge in [0.2, 0.25) is 0 Å². The van der Waals surface area contributed by atoms with E-state index in [1.165, 1.54) is 16.7 Å². The van der Waals surface area contributed by atoms with Crippen LogP contribution in [-0.4, -0.2) is 55.4 Å². The number of likely N-dealkylation sites (tertiary alicyclic amines) is 1. The lowest BCUT2D eigenvalue weighted by Gasteiger charge is -2.33. The molecule has 0 N–H and O–H groups in total. The quantitative estimate of drug-likeness (QED) is 0.365. The molecule has 0 radical (unpaired) electrons. The zero-order valence-electron chi connectivity index (χ0n) is 23.5. The second kappa shape index (κ2) is 12.0. The second-order valence-corrected chi connectivity index (χ2v) is 10.8. The Bertz CT molecular complexity index is 1330. The van der Waals surface area contributed by atoms with Crippen LogP contribution < -0.4 is 9.47 Å². The van der Waals surface area contributed by atoms with Gasteiger partial charge in [-0.25, -0.2) is 5.01 Å². The van der Waals surface area contributed by atoms with Gasteiger partial charge in [-0.05, 0) is 75.4 Å². The molecule has 0 aliphatic carbocycles. The molecule has 5 rings (SSSR count). The molecule has 1 atom stereocenters.